The number of amides is 1. The van der Waals surface area contributed by atoms with Crippen LogP contribution in [0, 0.1) is 0 Å². The molecule has 1 N–H and O–H groups in total. The Balaban J connectivity index is 1.31. The van der Waals surface area contributed by atoms with Crippen molar-refractivity contribution in [1.82, 2.24) is 14.9 Å². The van der Waals surface area contributed by atoms with Crippen molar-refractivity contribution < 1.29 is 4.79 Å². The van der Waals surface area contributed by atoms with Gasteiger partial charge in [0.05, 0.1) is 21.7 Å². The van der Waals surface area contributed by atoms with Crippen LogP contribution in [0.2, 0.25) is 5.02 Å². The van der Waals surface area contributed by atoms with Crippen molar-refractivity contribution in [2.24, 2.45) is 0 Å². The molecule has 2 aromatic carbocycles. The number of fused-ring (bicyclic) bond motifs is 1. The molecule has 5 nitrogen and oxygen atoms in total. The zero-order valence-electron chi connectivity index (χ0n) is 14.5. The second-order valence-electron chi connectivity index (χ2n) is 6.52. The van der Waals surface area contributed by atoms with E-state index in [0.29, 0.717) is 12.8 Å². The van der Waals surface area contributed by atoms with Gasteiger partial charge < -0.3 is 14.8 Å². The van der Waals surface area contributed by atoms with E-state index in [4.69, 9.17) is 11.6 Å². The van der Waals surface area contributed by atoms with Crippen molar-refractivity contribution in [2.45, 2.75) is 12.8 Å². The van der Waals surface area contributed by atoms with Crippen molar-refractivity contribution in [3.8, 4) is 0 Å². The van der Waals surface area contributed by atoms with Crippen LogP contribution in [0.1, 0.15) is 12.2 Å². The zero-order chi connectivity index (χ0) is 17.9. The summed E-state index contributed by atoms with van der Waals surface area (Å²) >= 11 is 6.27. The maximum Gasteiger partial charge on any atom is 0.223 e. The van der Waals surface area contributed by atoms with Crippen LogP contribution in [0.3, 0.4) is 0 Å². The number of carbonyl (C=O) groups is 1. The fourth-order valence-electron chi connectivity index (χ4n) is 3.41. The number of para-hydroxylation sites is 3. The van der Waals surface area contributed by atoms with Crippen LogP contribution in [-0.4, -0.2) is 47.0 Å². The second-order valence-corrected chi connectivity index (χ2v) is 6.93. The van der Waals surface area contributed by atoms with E-state index in [1.165, 1.54) is 0 Å². The molecule has 1 amide bonds. The highest BCUT2D eigenvalue weighted by atomic mass is 35.5. The Morgan fingerprint density at radius 3 is 2.54 bits per heavy atom. The van der Waals surface area contributed by atoms with Crippen molar-refractivity contribution in [2.75, 3.05) is 31.1 Å². The maximum absolute atomic E-state index is 12.5. The summed E-state index contributed by atoms with van der Waals surface area (Å²) < 4.78 is 0. The molecule has 2 heterocycles. The van der Waals surface area contributed by atoms with Gasteiger partial charge in [0, 0.05) is 39.0 Å². The first kappa shape index (κ1) is 16.9. The minimum Gasteiger partial charge on any atom is -0.367 e. The summed E-state index contributed by atoms with van der Waals surface area (Å²) in [6.07, 6.45) is 1.12. The molecule has 0 aliphatic carbocycles. The molecule has 4 rings (SSSR count). The third-order valence-corrected chi connectivity index (χ3v) is 5.16. The molecule has 0 atom stereocenters. The van der Waals surface area contributed by atoms with Gasteiger partial charge in [-0.15, -0.1) is 0 Å². The summed E-state index contributed by atoms with van der Waals surface area (Å²) in [5.74, 6) is 1.05. The van der Waals surface area contributed by atoms with Gasteiger partial charge in [-0.3, -0.25) is 4.79 Å². The fourth-order valence-corrected chi connectivity index (χ4v) is 3.67. The summed E-state index contributed by atoms with van der Waals surface area (Å²) in [6, 6.07) is 15.8. The molecule has 1 aliphatic rings. The molecule has 0 spiro atoms. The van der Waals surface area contributed by atoms with E-state index in [2.05, 4.69) is 14.9 Å². The Morgan fingerprint density at radius 2 is 1.77 bits per heavy atom. The number of H-pyrrole nitrogens is 1. The highest BCUT2D eigenvalue weighted by Gasteiger charge is 2.22. The van der Waals surface area contributed by atoms with Crippen LogP contribution in [-0.2, 0) is 11.2 Å². The summed E-state index contributed by atoms with van der Waals surface area (Å²) in [7, 11) is 0. The third kappa shape index (κ3) is 3.53. The fraction of sp³-hybridized carbons (Fsp3) is 0.300. The van der Waals surface area contributed by atoms with Crippen LogP contribution in [0.5, 0.6) is 0 Å². The average Bonchev–Trinajstić information content (AvgIpc) is 3.10. The van der Waals surface area contributed by atoms with Gasteiger partial charge in [0.2, 0.25) is 5.91 Å². The van der Waals surface area contributed by atoms with Crippen LogP contribution in [0.4, 0.5) is 5.69 Å². The number of aromatic amines is 1. The van der Waals surface area contributed by atoms with Crippen molar-refractivity contribution >= 4 is 34.2 Å². The Bertz CT molecular complexity index is 882. The number of benzene rings is 2. The molecule has 1 fully saturated rings. The highest BCUT2D eigenvalue weighted by Crippen LogP contribution is 2.26. The first-order valence-electron chi connectivity index (χ1n) is 8.91. The number of imidazole rings is 1. The average molecular weight is 369 g/mol. The highest BCUT2D eigenvalue weighted by molar-refractivity contribution is 6.33. The van der Waals surface area contributed by atoms with E-state index in [1.807, 2.05) is 53.4 Å². The maximum atomic E-state index is 12.5. The Morgan fingerprint density at radius 1 is 1.04 bits per heavy atom. The first-order chi connectivity index (χ1) is 12.7. The van der Waals surface area contributed by atoms with E-state index >= 15 is 0 Å². The SMILES string of the molecule is O=C(CCc1nc2ccccc2[nH]1)N1CCN(c2ccccc2Cl)CC1. The van der Waals surface area contributed by atoms with E-state index < -0.39 is 0 Å². The number of piperazine rings is 1. The molecule has 0 radical (unpaired) electrons. The standard InChI is InChI=1S/C20H21ClN4O/c21-15-5-1-4-8-18(15)24-11-13-25(14-12-24)20(26)10-9-19-22-16-6-2-3-7-17(16)23-19/h1-8H,9-14H2,(H,22,23). The Hall–Kier alpha value is -2.53. The molecule has 26 heavy (non-hydrogen) atoms. The summed E-state index contributed by atoms with van der Waals surface area (Å²) in [5.41, 5.74) is 3.01. The third-order valence-electron chi connectivity index (χ3n) is 4.84. The Kier molecular flexibility index (Phi) is 4.80. The monoisotopic (exact) mass is 368 g/mol. The predicted molar refractivity (Wildman–Crippen MR) is 105 cm³/mol. The zero-order valence-corrected chi connectivity index (χ0v) is 15.2. The van der Waals surface area contributed by atoms with Gasteiger partial charge in [0.1, 0.15) is 5.82 Å². The lowest BCUT2D eigenvalue weighted by molar-refractivity contribution is -0.131. The molecule has 0 bridgehead atoms. The van der Waals surface area contributed by atoms with E-state index in [1.54, 1.807) is 0 Å². The van der Waals surface area contributed by atoms with Gasteiger partial charge in [0.15, 0.2) is 0 Å². The second kappa shape index (κ2) is 7.38. The lowest BCUT2D eigenvalue weighted by atomic mass is 10.2. The minimum absolute atomic E-state index is 0.185. The van der Waals surface area contributed by atoms with E-state index in [9.17, 15) is 4.79 Å². The van der Waals surface area contributed by atoms with E-state index in [-0.39, 0.29) is 5.91 Å². The largest absolute Gasteiger partial charge is 0.367 e. The van der Waals surface area contributed by atoms with Crippen LogP contribution >= 0.6 is 11.6 Å². The number of hydrogen-bond acceptors (Lipinski definition) is 3. The van der Waals surface area contributed by atoms with Crippen molar-refractivity contribution in [3.05, 3.63) is 59.4 Å². The number of halogens is 1. The van der Waals surface area contributed by atoms with Crippen LogP contribution in [0.25, 0.3) is 11.0 Å². The van der Waals surface area contributed by atoms with Gasteiger partial charge in [-0.1, -0.05) is 35.9 Å². The lowest BCUT2D eigenvalue weighted by Crippen LogP contribution is -2.49. The molecule has 0 unspecified atom stereocenters. The minimum atomic E-state index is 0.185. The number of hydrogen-bond donors (Lipinski definition) is 1. The molecular formula is C20H21ClN4O. The normalized spacial score (nSPS) is 14.8. The molecule has 134 valence electrons. The van der Waals surface area contributed by atoms with Gasteiger partial charge >= 0.3 is 0 Å². The lowest BCUT2D eigenvalue weighted by Gasteiger charge is -2.36. The number of nitrogens with one attached hydrogen (secondary N) is 1. The van der Waals surface area contributed by atoms with Gasteiger partial charge in [-0.05, 0) is 24.3 Å². The number of carbonyl (C=O) groups excluding carboxylic acids is 1. The van der Waals surface area contributed by atoms with E-state index in [0.717, 1.165) is 53.7 Å². The quantitative estimate of drug-likeness (QED) is 0.766. The molecule has 1 aliphatic heterocycles. The number of nitrogens with zero attached hydrogens (tertiary/aromatic N) is 3. The van der Waals surface area contributed by atoms with Crippen LogP contribution < -0.4 is 4.90 Å². The van der Waals surface area contributed by atoms with Crippen molar-refractivity contribution in [3.63, 3.8) is 0 Å². The molecule has 3 aromatic rings. The smallest absolute Gasteiger partial charge is 0.223 e. The first-order valence-corrected chi connectivity index (χ1v) is 9.29. The summed E-state index contributed by atoms with van der Waals surface area (Å²) in [6.45, 7) is 3.06. The summed E-state index contributed by atoms with van der Waals surface area (Å²) in [4.78, 5) is 24.5. The number of rotatable bonds is 4. The molecule has 1 aromatic heterocycles. The molecule has 6 heteroatoms. The van der Waals surface area contributed by atoms with Gasteiger partial charge in [-0.2, -0.15) is 0 Å². The number of aromatic nitrogens is 2. The van der Waals surface area contributed by atoms with Crippen molar-refractivity contribution in [1.29, 1.82) is 0 Å². The molecular weight excluding hydrogens is 348 g/mol. The van der Waals surface area contributed by atoms with Crippen LogP contribution in [0.15, 0.2) is 48.5 Å². The molecule has 0 saturated carbocycles. The number of aryl methyl sites for hydroxylation is 1. The van der Waals surface area contributed by atoms with Gasteiger partial charge in [0.25, 0.3) is 0 Å². The molecule has 1 saturated heterocycles. The summed E-state index contributed by atoms with van der Waals surface area (Å²) in [5, 5.41) is 0.761. The predicted octanol–water partition coefficient (Wildman–Crippen LogP) is 3.50. The Labute approximate surface area is 157 Å². The number of anilines is 1. The topological polar surface area (TPSA) is 52.2 Å². The van der Waals surface area contributed by atoms with Gasteiger partial charge in [-0.25, -0.2) is 4.98 Å².